The van der Waals surface area contributed by atoms with Crippen LogP contribution in [0.25, 0.3) is 0 Å². The first-order valence-corrected chi connectivity index (χ1v) is 12.2. The molecular weight excluding hydrogens is 438 g/mol. The summed E-state index contributed by atoms with van der Waals surface area (Å²) in [6.07, 6.45) is 3.60. The number of nitrogens with one attached hydrogen (secondary N) is 3. The van der Waals surface area contributed by atoms with Crippen LogP contribution in [0, 0.1) is 0 Å². The van der Waals surface area contributed by atoms with Gasteiger partial charge in [-0.2, -0.15) is 0 Å². The minimum atomic E-state index is -0.643. The van der Waals surface area contributed by atoms with Gasteiger partial charge in [0.15, 0.2) is 0 Å². The summed E-state index contributed by atoms with van der Waals surface area (Å²) in [6, 6.07) is 20.2. The van der Waals surface area contributed by atoms with E-state index in [9.17, 15) is 9.90 Å². The summed E-state index contributed by atoms with van der Waals surface area (Å²) in [7, 11) is 0. The van der Waals surface area contributed by atoms with Gasteiger partial charge in [-0.3, -0.25) is 0 Å². The van der Waals surface area contributed by atoms with E-state index >= 15 is 0 Å². The SMILES string of the molecule is CCc1ccc(CCNC(=O)NCc2cccc(C[C@@H](C)NC[C@@H](O)c3ccc(N)nc3)c2)cc1. The lowest BCUT2D eigenvalue weighted by Crippen LogP contribution is -2.36. The van der Waals surface area contributed by atoms with Crippen molar-refractivity contribution in [1.82, 2.24) is 20.9 Å². The number of anilines is 1. The smallest absolute Gasteiger partial charge is 0.315 e. The van der Waals surface area contributed by atoms with Gasteiger partial charge in [0, 0.05) is 37.4 Å². The van der Waals surface area contributed by atoms with Crippen LogP contribution < -0.4 is 21.7 Å². The number of aliphatic hydroxyl groups excluding tert-OH is 1. The van der Waals surface area contributed by atoms with E-state index in [4.69, 9.17) is 5.73 Å². The number of urea groups is 1. The van der Waals surface area contributed by atoms with Crippen LogP contribution in [0.5, 0.6) is 0 Å². The van der Waals surface area contributed by atoms with Crippen LogP contribution in [-0.2, 0) is 25.8 Å². The van der Waals surface area contributed by atoms with Gasteiger partial charge in [-0.15, -0.1) is 0 Å². The summed E-state index contributed by atoms with van der Waals surface area (Å²) >= 11 is 0. The Morgan fingerprint density at radius 3 is 2.46 bits per heavy atom. The number of nitrogens with two attached hydrogens (primary N) is 1. The van der Waals surface area contributed by atoms with E-state index in [-0.39, 0.29) is 12.1 Å². The van der Waals surface area contributed by atoms with Gasteiger partial charge in [0.2, 0.25) is 0 Å². The molecule has 0 saturated carbocycles. The van der Waals surface area contributed by atoms with Crippen LogP contribution in [0.15, 0.2) is 66.9 Å². The maximum Gasteiger partial charge on any atom is 0.315 e. The molecule has 2 atom stereocenters. The van der Waals surface area contributed by atoms with Gasteiger partial charge in [0.05, 0.1) is 6.10 Å². The van der Waals surface area contributed by atoms with Crippen molar-refractivity contribution in [3.05, 3.63) is 94.7 Å². The second-order valence-electron chi connectivity index (χ2n) is 8.90. The van der Waals surface area contributed by atoms with E-state index in [2.05, 4.69) is 71.2 Å². The largest absolute Gasteiger partial charge is 0.387 e. The number of aryl methyl sites for hydroxylation is 1. The van der Waals surface area contributed by atoms with Crippen LogP contribution in [0.2, 0.25) is 0 Å². The molecule has 1 aromatic heterocycles. The Bertz CT molecular complexity index is 1050. The topological polar surface area (TPSA) is 112 Å². The zero-order chi connectivity index (χ0) is 25.0. The number of pyridine rings is 1. The molecule has 35 heavy (non-hydrogen) atoms. The van der Waals surface area contributed by atoms with Crippen molar-refractivity contribution in [2.45, 2.75) is 51.8 Å². The van der Waals surface area contributed by atoms with Crippen LogP contribution in [0.4, 0.5) is 10.6 Å². The van der Waals surface area contributed by atoms with Crippen LogP contribution in [0.3, 0.4) is 0 Å². The summed E-state index contributed by atoms with van der Waals surface area (Å²) < 4.78 is 0. The first-order chi connectivity index (χ1) is 16.9. The highest BCUT2D eigenvalue weighted by molar-refractivity contribution is 5.73. The molecular formula is C28H37N5O2. The normalized spacial score (nSPS) is 12.7. The number of hydrogen-bond acceptors (Lipinski definition) is 5. The average Bonchev–Trinajstić information content (AvgIpc) is 2.87. The van der Waals surface area contributed by atoms with E-state index in [1.54, 1.807) is 18.3 Å². The third-order valence-electron chi connectivity index (χ3n) is 5.97. The predicted molar refractivity (Wildman–Crippen MR) is 141 cm³/mol. The molecule has 0 bridgehead atoms. The molecule has 3 aromatic rings. The highest BCUT2D eigenvalue weighted by Crippen LogP contribution is 2.13. The second-order valence-corrected chi connectivity index (χ2v) is 8.90. The van der Waals surface area contributed by atoms with Crippen molar-refractivity contribution in [2.75, 3.05) is 18.8 Å². The van der Waals surface area contributed by atoms with Gasteiger partial charge in [0.1, 0.15) is 5.82 Å². The van der Waals surface area contributed by atoms with Crippen molar-refractivity contribution in [1.29, 1.82) is 0 Å². The zero-order valence-corrected chi connectivity index (χ0v) is 20.6. The van der Waals surface area contributed by atoms with E-state index in [0.29, 0.717) is 25.5 Å². The summed E-state index contributed by atoms with van der Waals surface area (Å²) in [6.45, 7) is 5.72. The molecule has 0 aliphatic rings. The van der Waals surface area contributed by atoms with E-state index in [1.165, 1.54) is 16.7 Å². The van der Waals surface area contributed by atoms with Gasteiger partial charge >= 0.3 is 6.03 Å². The Morgan fingerprint density at radius 2 is 1.74 bits per heavy atom. The number of rotatable bonds is 12. The van der Waals surface area contributed by atoms with Crippen molar-refractivity contribution >= 4 is 11.8 Å². The summed E-state index contributed by atoms with van der Waals surface area (Å²) in [5.74, 6) is 0.437. The molecule has 3 rings (SSSR count). The number of aliphatic hydroxyl groups is 1. The van der Waals surface area contributed by atoms with Crippen molar-refractivity contribution < 1.29 is 9.90 Å². The Hall–Kier alpha value is -3.42. The van der Waals surface area contributed by atoms with E-state index in [0.717, 1.165) is 30.4 Å². The Labute approximate surface area is 208 Å². The second kappa shape index (κ2) is 13.5. The molecule has 6 N–H and O–H groups in total. The lowest BCUT2D eigenvalue weighted by molar-refractivity contribution is 0.170. The van der Waals surface area contributed by atoms with Gasteiger partial charge in [-0.05, 0) is 54.5 Å². The number of carbonyl (C=O) groups excluding carboxylic acids is 1. The number of aromatic nitrogens is 1. The van der Waals surface area contributed by atoms with Crippen molar-refractivity contribution in [2.24, 2.45) is 0 Å². The van der Waals surface area contributed by atoms with Crippen molar-refractivity contribution in [3.8, 4) is 0 Å². The third-order valence-corrected chi connectivity index (χ3v) is 5.97. The summed E-state index contributed by atoms with van der Waals surface area (Å²) in [5, 5.41) is 19.6. The monoisotopic (exact) mass is 475 g/mol. The van der Waals surface area contributed by atoms with Crippen LogP contribution in [0.1, 0.15) is 47.8 Å². The van der Waals surface area contributed by atoms with Crippen LogP contribution in [-0.4, -0.2) is 35.3 Å². The third kappa shape index (κ3) is 9.03. The fraction of sp³-hybridized carbons (Fsp3) is 0.357. The summed E-state index contributed by atoms with van der Waals surface area (Å²) in [4.78, 5) is 16.2. The summed E-state index contributed by atoms with van der Waals surface area (Å²) in [5.41, 5.74) is 11.1. The van der Waals surface area contributed by atoms with Gasteiger partial charge < -0.3 is 26.8 Å². The molecule has 0 aliphatic carbocycles. The number of hydrogen-bond donors (Lipinski definition) is 5. The molecule has 7 nitrogen and oxygen atoms in total. The van der Waals surface area contributed by atoms with Crippen LogP contribution >= 0.6 is 0 Å². The first-order valence-electron chi connectivity index (χ1n) is 12.2. The quantitative estimate of drug-likeness (QED) is 0.275. The van der Waals surface area contributed by atoms with Gasteiger partial charge in [-0.25, -0.2) is 9.78 Å². The molecule has 0 fully saturated rings. The molecule has 0 unspecified atom stereocenters. The fourth-order valence-electron chi connectivity index (χ4n) is 3.84. The maximum atomic E-state index is 12.2. The Morgan fingerprint density at radius 1 is 1.00 bits per heavy atom. The molecule has 0 aliphatic heterocycles. The molecule has 7 heteroatoms. The lowest BCUT2D eigenvalue weighted by atomic mass is 10.0. The average molecular weight is 476 g/mol. The maximum absolute atomic E-state index is 12.2. The number of amides is 2. The Balaban J connectivity index is 1.37. The van der Waals surface area contributed by atoms with Gasteiger partial charge in [0.25, 0.3) is 0 Å². The number of nitrogens with zero attached hydrogens (tertiary/aromatic N) is 1. The van der Waals surface area contributed by atoms with E-state index < -0.39 is 6.10 Å². The molecule has 0 saturated heterocycles. The van der Waals surface area contributed by atoms with E-state index in [1.807, 2.05) is 12.1 Å². The molecule has 2 aromatic carbocycles. The molecule has 0 spiro atoms. The minimum Gasteiger partial charge on any atom is -0.387 e. The highest BCUT2D eigenvalue weighted by Gasteiger charge is 2.11. The number of benzene rings is 2. The fourth-order valence-corrected chi connectivity index (χ4v) is 3.84. The zero-order valence-electron chi connectivity index (χ0n) is 20.6. The highest BCUT2D eigenvalue weighted by atomic mass is 16.3. The van der Waals surface area contributed by atoms with Crippen molar-refractivity contribution in [3.63, 3.8) is 0 Å². The first kappa shape index (κ1) is 26.2. The Kier molecular flexibility index (Phi) is 10.1. The standard InChI is InChI=1S/C28H37N5O2/c1-3-21-7-9-22(10-8-21)13-14-30-28(35)33-17-24-6-4-5-23(16-24)15-20(2)31-19-26(34)25-11-12-27(29)32-18-25/h4-12,16,18,20,26,31,34H,3,13-15,17,19H2,1-2H3,(H2,29,32)(H2,30,33,35)/t20-,26-/m1/s1. The molecule has 1 heterocycles. The molecule has 0 radical (unpaired) electrons. The molecule has 186 valence electrons. The predicted octanol–water partition coefficient (Wildman–Crippen LogP) is 3.52. The molecule has 2 amide bonds. The minimum absolute atomic E-state index is 0.165. The van der Waals surface area contributed by atoms with Gasteiger partial charge in [-0.1, -0.05) is 61.5 Å². The number of nitrogen functional groups attached to an aromatic ring is 1. The number of carbonyl (C=O) groups is 1. The lowest BCUT2D eigenvalue weighted by Gasteiger charge is -2.18.